The van der Waals surface area contributed by atoms with Crippen LogP contribution in [-0.2, 0) is 21.4 Å². The number of amides is 1. The van der Waals surface area contributed by atoms with Gasteiger partial charge in [-0.15, -0.1) is 0 Å². The van der Waals surface area contributed by atoms with Crippen LogP contribution in [-0.4, -0.2) is 42.8 Å². The molecule has 31 heavy (non-hydrogen) atoms. The Bertz CT molecular complexity index is 990. The number of nitrogens with one attached hydrogen (secondary N) is 1. The number of carbonyl (C=O) groups is 1. The van der Waals surface area contributed by atoms with Crippen molar-refractivity contribution in [2.75, 3.05) is 13.2 Å². The van der Waals surface area contributed by atoms with Gasteiger partial charge in [0, 0.05) is 6.20 Å². The second-order valence-corrected chi connectivity index (χ2v) is 9.87. The third-order valence-corrected chi connectivity index (χ3v) is 6.82. The number of benzene rings is 1. The highest BCUT2D eigenvalue weighted by molar-refractivity contribution is 7.89. The number of ether oxygens (including phenoxy) is 1. The Morgan fingerprint density at radius 3 is 2.68 bits per heavy atom. The maximum absolute atomic E-state index is 13.3. The van der Waals surface area contributed by atoms with Gasteiger partial charge >= 0.3 is 0 Å². The molecule has 7 nitrogen and oxygen atoms in total. The molecule has 1 N–H and O–H groups in total. The van der Waals surface area contributed by atoms with Gasteiger partial charge in [-0.3, -0.25) is 9.78 Å². The SMILES string of the molecule is CC(C)CCOc1cncc(CN(C(=O)[C@@H]2CCCN2)S(=O)(=O)c2ccc(F)cc2)c1. The van der Waals surface area contributed by atoms with Gasteiger partial charge in [0.05, 0.1) is 30.3 Å². The average Bonchev–Trinajstić information content (AvgIpc) is 3.27. The summed E-state index contributed by atoms with van der Waals surface area (Å²) in [6.07, 6.45) is 5.30. The van der Waals surface area contributed by atoms with E-state index < -0.39 is 27.8 Å². The first-order valence-electron chi connectivity index (χ1n) is 10.4. The summed E-state index contributed by atoms with van der Waals surface area (Å²) >= 11 is 0. The van der Waals surface area contributed by atoms with Crippen LogP contribution in [0.2, 0.25) is 0 Å². The Kier molecular flexibility index (Phi) is 7.61. The van der Waals surface area contributed by atoms with Crippen LogP contribution in [0.1, 0.15) is 38.7 Å². The minimum Gasteiger partial charge on any atom is -0.492 e. The van der Waals surface area contributed by atoms with E-state index in [9.17, 15) is 17.6 Å². The van der Waals surface area contributed by atoms with Crippen molar-refractivity contribution in [3.8, 4) is 5.75 Å². The molecule has 3 rings (SSSR count). The van der Waals surface area contributed by atoms with Gasteiger partial charge < -0.3 is 10.1 Å². The topological polar surface area (TPSA) is 88.6 Å². The van der Waals surface area contributed by atoms with E-state index in [1.165, 1.54) is 6.20 Å². The van der Waals surface area contributed by atoms with Gasteiger partial charge in [-0.1, -0.05) is 13.8 Å². The van der Waals surface area contributed by atoms with E-state index in [0.29, 0.717) is 36.8 Å². The monoisotopic (exact) mass is 449 g/mol. The van der Waals surface area contributed by atoms with Crippen molar-refractivity contribution in [1.29, 1.82) is 0 Å². The summed E-state index contributed by atoms with van der Waals surface area (Å²) in [5.41, 5.74) is 0.527. The highest BCUT2D eigenvalue weighted by Crippen LogP contribution is 2.23. The largest absolute Gasteiger partial charge is 0.492 e. The van der Waals surface area contributed by atoms with E-state index in [-0.39, 0.29) is 11.4 Å². The summed E-state index contributed by atoms with van der Waals surface area (Å²) in [7, 11) is -4.19. The fourth-order valence-corrected chi connectivity index (χ4v) is 4.71. The minimum atomic E-state index is -4.19. The molecule has 0 bridgehead atoms. The zero-order valence-electron chi connectivity index (χ0n) is 17.8. The smallest absolute Gasteiger partial charge is 0.266 e. The van der Waals surface area contributed by atoms with E-state index in [1.54, 1.807) is 12.3 Å². The Balaban J connectivity index is 1.87. The lowest BCUT2D eigenvalue weighted by Crippen LogP contribution is -2.46. The van der Waals surface area contributed by atoms with Crippen LogP contribution in [0.15, 0.2) is 47.6 Å². The van der Waals surface area contributed by atoms with Crippen LogP contribution < -0.4 is 10.1 Å². The Morgan fingerprint density at radius 2 is 2.03 bits per heavy atom. The fraction of sp³-hybridized carbons (Fsp3) is 0.455. The molecular formula is C22H28FN3O4S. The quantitative estimate of drug-likeness (QED) is 0.633. The molecule has 1 atom stereocenters. The maximum Gasteiger partial charge on any atom is 0.266 e. The summed E-state index contributed by atoms with van der Waals surface area (Å²) in [6, 6.07) is 5.57. The number of rotatable bonds is 9. The van der Waals surface area contributed by atoms with Gasteiger partial charge in [0.1, 0.15) is 11.6 Å². The molecule has 1 aromatic heterocycles. The second kappa shape index (κ2) is 10.2. The summed E-state index contributed by atoms with van der Waals surface area (Å²) in [5, 5.41) is 3.05. The van der Waals surface area contributed by atoms with Gasteiger partial charge in [0.25, 0.3) is 15.9 Å². The van der Waals surface area contributed by atoms with Gasteiger partial charge in [-0.25, -0.2) is 17.1 Å². The second-order valence-electron chi connectivity index (χ2n) is 8.01. The molecule has 1 aliphatic heterocycles. The Morgan fingerprint density at radius 1 is 1.29 bits per heavy atom. The number of sulfonamides is 1. The van der Waals surface area contributed by atoms with Crippen LogP contribution in [0.25, 0.3) is 0 Å². The lowest BCUT2D eigenvalue weighted by Gasteiger charge is -2.25. The lowest BCUT2D eigenvalue weighted by atomic mass is 10.1. The molecule has 168 valence electrons. The van der Waals surface area contributed by atoms with Crippen LogP contribution in [0.3, 0.4) is 0 Å². The summed E-state index contributed by atoms with van der Waals surface area (Å²) < 4.78 is 46.4. The third kappa shape index (κ3) is 6.01. The zero-order chi connectivity index (χ0) is 22.4. The van der Waals surface area contributed by atoms with E-state index >= 15 is 0 Å². The van der Waals surface area contributed by atoms with Gasteiger partial charge in [-0.2, -0.15) is 0 Å². The van der Waals surface area contributed by atoms with Crippen molar-refractivity contribution in [1.82, 2.24) is 14.6 Å². The molecule has 1 aromatic carbocycles. The normalized spacial score (nSPS) is 16.5. The number of hydrogen-bond acceptors (Lipinski definition) is 6. The average molecular weight is 450 g/mol. The number of halogens is 1. The number of hydrogen-bond donors (Lipinski definition) is 1. The molecular weight excluding hydrogens is 421 g/mol. The van der Waals surface area contributed by atoms with Crippen LogP contribution in [0.4, 0.5) is 4.39 Å². The first-order chi connectivity index (χ1) is 14.8. The number of nitrogens with zero attached hydrogens (tertiary/aromatic N) is 2. The highest BCUT2D eigenvalue weighted by atomic mass is 32.2. The van der Waals surface area contributed by atoms with E-state index in [0.717, 1.165) is 41.4 Å². The molecule has 1 fully saturated rings. The van der Waals surface area contributed by atoms with Crippen molar-refractivity contribution in [3.63, 3.8) is 0 Å². The number of aromatic nitrogens is 1. The zero-order valence-corrected chi connectivity index (χ0v) is 18.6. The van der Waals surface area contributed by atoms with Crippen molar-refractivity contribution in [3.05, 3.63) is 54.1 Å². The van der Waals surface area contributed by atoms with Crippen molar-refractivity contribution >= 4 is 15.9 Å². The predicted octanol–water partition coefficient (Wildman–Crippen LogP) is 3.12. The molecule has 0 spiro atoms. The van der Waals surface area contributed by atoms with Crippen molar-refractivity contribution in [2.24, 2.45) is 5.92 Å². The van der Waals surface area contributed by atoms with Gasteiger partial charge in [0.2, 0.25) is 0 Å². The standard InChI is InChI=1S/C22H28FN3O4S/c1-16(2)9-11-30-19-12-17(13-24-14-19)15-26(22(27)21-4-3-10-25-21)31(28,29)20-7-5-18(23)6-8-20/h5-8,12-14,16,21,25H,3-4,9-11,15H2,1-2H3/t21-/m0/s1. The lowest BCUT2D eigenvalue weighted by molar-refractivity contribution is -0.128. The molecule has 2 heterocycles. The van der Waals surface area contributed by atoms with Gasteiger partial charge in [0.15, 0.2) is 0 Å². The summed E-state index contributed by atoms with van der Waals surface area (Å²) in [4.78, 5) is 17.1. The van der Waals surface area contributed by atoms with Gasteiger partial charge in [-0.05, 0) is 67.6 Å². The molecule has 1 aliphatic rings. The molecule has 0 unspecified atom stereocenters. The number of pyridine rings is 1. The summed E-state index contributed by atoms with van der Waals surface area (Å²) in [5.74, 6) is -0.0783. The van der Waals surface area contributed by atoms with Crippen LogP contribution >= 0.6 is 0 Å². The maximum atomic E-state index is 13.3. The molecule has 0 radical (unpaired) electrons. The first-order valence-corrected chi connectivity index (χ1v) is 11.8. The van der Waals surface area contributed by atoms with E-state index in [2.05, 4.69) is 24.1 Å². The fourth-order valence-electron chi connectivity index (χ4n) is 3.29. The Hall–Kier alpha value is -2.52. The van der Waals surface area contributed by atoms with Crippen LogP contribution in [0, 0.1) is 11.7 Å². The molecule has 0 saturated carbocycles. The Labute approximate surface area is 182 Å². The van der Waals surface area contributed by atoms with E-state index in [4.69, 9.17) is 4.74 Å². The van der Waals surface area contributed by atoms with Crippen molar-refractivity contribution < 1.29 is 22.3 Å². The van der Waals surface area contributed by atoms with Crippen molar-refractivity contribution in [2.45, 2.75) is 50.6 Å². The highest BCUT2D eigenvalue weighted by Gasteiger charge is 2.35. The molecule has 0 aliphatic carbocycles. The minimum absolute atomic E-state index is 0.141. The molecule has 1 saturated heterocycles. The molecule has 2 aromatic rings. The van der Waals surface area contributed by atoms with E-state index in [1.807, 2.05) is 0 Å². The third-order valence-electron chi connectivity index (χ3n) is 5.07. The summed E-state index contributed by atoms with van der Waals surface area (Å²) in [6.45, 7) is 5.18. The molecule has 1 amide bonds. The number of carbonyl (C=O) groups excluding carboxylic acids is 1. The first kappa shape index (κ1) is 23.1. The molecule has 9 heteroatoms. The predicted molar refractivity (Wildman–Crippen MR) is 114 cm³/mol. The van der Waals surface area contributed by atoms with Crippen LogP contribution in [0.5, 0.6) is 5.75 Å².